The molecule has 1 aromatic heterocycles. The van der Waals surface area contributed by atoms with Crippen LogP contribution >= 0.6 is 0 Å². The van der Waals surface area contributed by atoms with E-state index in [0.29, 0.717) is 31.9 Å². The smallest absolute Gasteiger partial charge is 0.365 e. The summed E-state index contributed by atoms with van der Waals surface area (Å²) in [5.41, 5.74) is 2.55. The standard InChI is InChI=1S/C23H20N4O4/c28-22-20(24-15-31-22)21(18-8-4-5-16-13-30-14-19(16)18)26-9-11-27(12-10-26)23(29)25-17-6-2-1-3-7-17/h1-8,13-15H,9-12H2,(H,25,29). The van der Waals surface area contributed by atoms with Crippen LogP contribution in [-0.2, 0) is 9.53 Å². The lowest BCUT2D eigenvalue weighted by Crippen LogP contribution is -2.49. The van der Waals surface area contributed by atoms with Crippen LogP contribution in [0.1, 0.15) is 5.56 Å². The molecule has 3 aromatic rings. The molecular formula is C23H20N4O4. The summed E-state index contributed by atoms with van der Waals surface area (Å²) in [6, 6.07) is 15.0. The van der Waals surface area contributed by atoms with Gasteiger partial charge >= 0.3 is 12.0 Å². The second-order valence-electron chi connectivity index (χ2n) is 7.29. The van der Waals surface area contributed by atoms with E-state index in [-0.39, 0.29) is 11.7 Å². The zero-order chi connectivity index (χ0) is 21.2. The molecule has 3 heterocycles. The normalized spacial score (nSPS) is 17.7. The van der Waals surface area contributed by atoms with Gasteiger partial charge in [-0.3, -0.25) is 0 Å². The number of carbonyl (C=O) groups is 2. The zero-order valence-corrected chi connectivity index (χ0v) is 16.7. The Labute approximate surface area is 178 Å². The van der Waals surface area contributed by atoms with Gasteiger partial charge in [0.1, 0.15) is 0 Å². The van der Waals surface area contributed by atoms with E-state index >= 15 is 0 Å². The fourth-order valence-electron chi connectivity index (χ4n) is 3.90. The van der Waals surface area contributed by atoms with Crippen LogP contribution in [-0.4, -0.2) is 54.4 Å². The summed E-state index contributed by atoms with van der Waals surface area (Å²) in [7, 11) is 0. The number of esters is 1. The summed E-state index contributed by atoms with van der Waals surface area (Å²) in [6.45, 7) is 2.13. The van der Waals surface area contributed by atoms with Gasteiger partial charge in [-0.1, -0.05) is 36.4 Å². The quantitative estimate of drug-likeness (QED) is 0.521. The lowest BCUT2D eigenvalue weighted by molar-refractivity contribution is -0.129. The van der Waals surface area contributed by atoms with Crippen LogP contribution < -0.4 is 5.32 Å². The molecular weight excluding hydrogens is 396 g/mol. The van der Waals surface area contributed by atoms with E-state index in [1.54, 1.807) is 17.4 Å². The van der Waals surface area contributed by atoms with Gasteiger partial charge in [-0.25, -0.2) is 14.6 Å². The number of nitrogens with zero attached hydrogens (tertiary/aromatic N) is 3. The first-order valence-corrected chi connectivity index (χ1v) is 10.00. The number of hydrogen-bond donors (Lipinski definition) is 1. The van der Waals surface area contributed by atoms with E-state index < -0.39 is 5.97 Å². The third-order valence-corrected chi connectivity index (χ3v) is 5.44. The number of ether oxygens (including phenoxy) is 1. The number of furan rings is 1. The molecule has 0 unspecified atom stereocenters. The molecule has 156 valence electrons. The molecule has 1 fully saturated rings. The molecule has 2 aliphatic heterocycles. The number of carbonyl (C=O) groups excluding carboxylic acids is 2. The molecule has 2 aliphatic rings. The fraction of sp³-hybridized carbons (Fsp3) is 0.174. The third-order valence-electron chi connectivity index (χ3n) is 5.44. The van der Waals surface area contributed by atoms with Crippen LogP contribution in [0.15, 0.2) is 76.2 Å². The maximum atomic E-state index is 12.6. The highest BCUT2D eigenvalue weighted by Crippen LogP contribution is 2.33. The maximum Gasteiger partial charge on any atom is 0.365 e. The Morgan fingerprint density at radius 1 is 0.935 bits per heavy atom. The molecule has 0 aliphatic carbocycles. The van der Waals surface area contributed by atoms with Crippen molar-refractivity contribution in [2.45, 2.75) is 0 Å². The molecule has 0 radical (unpaired) electrons. The van der Waals surface area contributed by atoms with Crippen LogP contribution in [0.2, 0.25) is 0 Å². The third kappa shape index (κ3) is 3.63. The fourth-order valence-corrected chi connectivity index (χ4v) is 3.90. The number of cyclic esters (lactones) is 1. The van der Waals surface area contributed by atoms with Crippen molar-refractivity contribution in [3.8, 4) is 0 Å². The average molecular weight is 416 g/mol. The molecule has 31 heavy (non-hydrogen) atoms. The summed E-state index contributed by atoms with van der Waals surface area (Å²) in [6.07, 6.45) is 4.50. The van der Waals surface area contributed by atoms with Gasteiger partial charge in [0.05, 0.1) is 18.2 Å². The molecule has 2 aromatic carbocycles. The molecule has 0 spiro atoms. The van der Waals surface area contributed by atoms with Crippen molar-refractivity contribution in [3.63, 3.8) is 0 Å². The zero-order valence-electron chi connectivity index (χ0n) is 16.7. The van der Waals surface area contributed by atoms with Crippen molar-refractivity contribution >= 4 is 40.6 Å². The van der Waals surface area contributed by atoms with Crippen LogP contribution in [0.25, 0.3) is 16.5 Å². The number of piperazine rings is 1. The minimum atomic E-state index is -0.486. The first-order valence-electron chi connectivity index (χ1n) is 10.00. The van der Waals surface area contributed by atoms with Gasteiger partial charge in [0.2, 0.25) is 0 Å². The number of para-hydroxylation sites is 1. The SMILES string of the molecule is O=C1OC=NC1=C(c1cccc2cocc12)N1CCN(C(=O)Nc2ccccc2)CC1. The van der Waals surface area contributed by atoms with Crippen molar-refractivity contribution in [1.82, 2.24) is 9.80 Å². The van der Waals surface area contributed by atoms with Gasteiger partial charge in [0, 0.05) is 48.2 Å². The van der Waals surface area contributed by atoms with E-state index in [4.69, 9.17) is 9.15 Å². The molecule has 1 N–H and O–H groups in total. The number of hydrogen-bond acceptors (Lipinski definition) is 6. The highest BCUT2D eigenvalue weighted by molar-refractivity contribution is 6.06. The number of anilines is 1. The van der Waals surface area contributed by atoms with Gasteiger partial charge in [0.15, 0.2) is 12.1 Å². The van der Waals surface area contributed by atoms with Crippen molar-refractivity contribution in [1.29, 1.82) is 0 Å². The minimum Gasteiger partial charge on any atom is -0.471 e. The Balaban J connectivity index is 1.40. The molecule has 8 heteroatoms. The first kappa shape index (κ1) is 18.9. The Morgan fingerprint density at radius 2 is 1.71 bits per heavy atom. The molecule has 2 amide bonds. The van der Waals surface area contributed by atoms with Crippen LogP contribution in [0.4, 0.5) is 10.5 Å². The van der Waals surface area contributed by atoms with Crippen LogP contribution in [0, 0.1) is 0 Å². The molecule has 5 rings (SSSR count). The molecule has 8 nitrogen and oxygen atoms in total. The summed E-state index contributed by atoms with van der Waals surface area (Å²) >= 11 is 0. The van der Waals surface area contributed by atoms with Crippen molar-refractivity contribution in [2.75, 3.05) is 31.5 Å². The largest absolute Gasteiger partial charge is 0.471 e. The van der Waals surface area contributed by atoms with Gasteiger partial charge in [-0.2, -0.15) is 0 Å². The maximum absolute atomic E-state index is 12.6. The minimum absolute atomic E-state index is 0.143. The van der Waals surface area contributed by atoms with E-state index in [1.807, 2.05) is 48.5 Å². The Kier molecular flexibility index (Phi) is 4.87. The van der Waals surface area contributed by atoms with Gasteiger partial charge < -0.3 is 24.3 Å². The highest BCUT2D eigenvalue weighted by atomic mass is 16.5. The monoisotopic (exact) mass is 416 g/mol. The van der Waals surface area contributed by atoms with Gasteiger partial charge in [0.25, 0.3) is 0 Å². The summed E-state index contributed by atoms with van der Waals surface area (Å²) in [5, 5.41) is 4.75. The Bertz CT molecular complexity index is 1190. The second kappa shape index (κ2) is 7.98. The summed E-state index contributed by atoms with van der Waals surface area (Å²) < 4.78 is 10.3. The van der Waals surface area contributed by atoms with E-state index in [2.05, 4.69) is 15.2 Å². The van der Waals surface area contributed by atoms with Crippen molar-refractivity contribution in [2.24, 2.45) is 4.99 Å². The number of aliphatic imine (C=N–C) groups is 1. The number of amides is 2. The van der Waals surface area contributed by atoms with E-state index in [1.165, 1.54) is 0 Å². The van der Waals surface area contributed by atoms with Gasteiger partial charge in [-0.15, -0.1) is 0 Å². The molecule has 0 atom stereocenters. The van der Waals surface area contributed by atoms with Crippen molar-refractivity contribution in [3.05, 3.63) is 72.3 Å². The lowest BCUT2D eigenvalue weighted by atomic mass is 10.0. The van der Waals surface area contributed by atoms with Crippen LogP contribution in [0.3, 0.4) is 0 Å². The number of benzene rings is 2. The molecule has 0 bridgehead atoms. The predicted molar refractivity (Wildman–Crippen MR) is 116 cm³/mol. The Hall–Kier alpha value is -4.07. The average Bonchev–Trinajstić information content (AvgIpc) is 3.45. The first-order chi connectivity index (χ1) is 15.2. The van der Waals surface area contributed by atoms with E-state index in [9.17, 15) is 9.59 Å². The topological polar surface area (TPSA) is 87.4 Å². The van der Waals surface area contributed by atoms with E-state index in [0.717, 1.165) is 28.4 Å². The highest BCUT2D eigenvalue weighted by Gasteiger charge is 2.30. The predicted octanol–water partition coefficient (Wildman–Crippen LogP) is 3.54. The van der Waals surface area contributed by atoms with Crippen LogP contribution in [0.5, 0.6) is 0 Å². The summed E-state index contributed by atoms with van der Waals surface area (Å²) in [4.78, 5) is 33.0. The Morgan fingerprint density at radius 3 is 2.45 bits per heavy atom. The number of nitrogens with one attached hydrogen (secondary N) is 1. The number of urea groups is 1. The number of fused-ring (bicyclic) bond motifs is 1. The molecule has 0 saturated carbocycles. The number of rotatable bonds is 3. The van der Waals surface area contributed by atoms with Crippen molar-refractivity contribution < 1.29 is 18.7 Å². The lowest BCUT2D eigenvalue weighted by Gasteiger charge is -2.37. The second-order valence-corrected chi connectivity index (χ2v) is 7.29. The molecule has 1 saturated heterocycles. The van der Waals surface area contributed by atoms with Gasteiger partial charge in [-0.05, 0) is 12.1 Å². The summed E-state index contributed by atoms with van der Waals surface area (Å²) in [5.74, 6) is -0.486.